The maximum absolute atomic E-state index is 6.24. The third-order valence-electron chi connectivity index (χ3n) is 3.53. The predicted octanol–water partition coefficient (Wildman–Crippen LogP) is 4.29. The molecule has 18 heavy (non-hydrogen) atoms. The molecule has 0 fully saturated rings. The van der Waals surface area contributed by atoms with E-state index in [9.17, 15) is 0 Å². The van der Waals surface area contributed by atoms with E-state index in [-0.39, 0.29) is 0 Å². The van der Waals surface area contributed by atoms with Crippen molar-refractivity contribution < 1.29 is 0 Å². The van der Waals surface area contributed by atoms with Crippen molar-refractivity contribution in [1.82, 2.24) is 0 Å². The number of nitrogens with zero attached hydrogens (tertiary/aromatic N) is 1. The van der Waals surface area contributed by atoms with Gasteiger partial charge in [0.05, 0.1) is 0 Å². The van der Waals surface area contributed by atoms with Crippen LogP contribution in [0.15, 0.2) is 48.5 Å². The van der Waals surface area contributed by atoms with Crippen LogP contribution >= 0.6 is 11.6 Å². The topological polar surface area (TPSA) is 3.24 Å². The third kappa shape index (κ3) is 2.23. The largest absolute Gasteiger partial charge is 0.367 e. The minimum absolute atomic E-state index is 0.862. The molecule has 0 amide bonds. The van der Waals surface area contributed by atoms with Gasteiger partial charge in [-0.25, -0.2) is 0 Å². The number of rotatable bonds is 2. The van der Waals surface area contributed by atoms with E-state index < -0.39 is 0 Å². The molecule has 0 N–H and O–H groups in total. The Morgan fingerprint density at radius 1 is 1.00 bits per heavy atom. The molecule has 1 heterocycles. The predicted molar refractivity (Wildman–Crippen MR) is 77.3 cm³/mol. The highest BCUT2D eigenvalue weighted by Gasteiger charge is 2.16. The lowest BCUT2D eigenvalue weighted by molar-refractivity contribution is 0.691. The van der Waals surface area contributed by atoms with Crippen LogP contribution in [-0.2, 0) is 13.0 Å². The summed E-state index contributed by atoms with van der Waals surface area (Å²) < 4.78 is 0. The van der Waals surface area contributed by atoms with E-state index in [4.69, 9.17) is 11.6 Å². The van der Waals surface area contributed by atoms with Crippen molar-refractivity contribution in [2.45, 2.75) is 19.4 Å². The first kappa shape index (κ1) is 11.6. The highest BCUT2D eigenvalue weighted by molar-refractivity contribution is 6.31. The smallest absolute Gasteiger partial charge is 0.0455 e. The molecule has 0 saturated heterocycles. The van der Waals surface area contributed by atoms with Gasteiger partial charge in [-0.1, -0.05) is 48.0 Å². The minimum atomic E-state index is 0.862. The average Bonchev–Trinajstić information content (AvgIpc) is 2.42. The Bertz CT molecular complexity index is 550. The quantitative estimate of drug-likeness (QED) is 0.776. The number of halogens is 1. The van der Waals surface area contributed by atoms with Crippen molar-refractivity contribution in [1.29, 1.82) is 0 Å². The Labute approximate surface area is 113 Å². The Morgan fingerprint density at radius 3 is 2.67 bits per heavy atom. The second-order valence-corrected chi connectivity index (χ2v) is 5.15. The fourth-order valence-corrected chi connectivity index (χ4v) is 2.80. The van der Waals surface area contributed by atoms with Crippen LogP contribution in [0.1, 0.15) is 17.5 Å². The number of benzene rings is 2. The van der Waals surface area contributed by atoms with Crippen LogP contribution in [0.25, 0.3) is 0 Å². The number of hydrogen-bond donors (Lipinski definition) is 0. The molecule has 0 radical (unpaired) electrons. The monoisotopic (exact) mass is 257 g/mol. The van der Waals surface area contributed by atoms with E-state index >= 15 is 0 Å². The van der Waals surface area contributed by atoms with Gasteiger partial charge in [0.25, 0.3) is 0 Å². The van der Waals surface area contributed by atoms with Crippen LogP contribution in [0.2, 0.25) is 5.02 Å². The molecule has 2 aromatic carbocycles. The normalized spacial score (nSPS) is 14.4. The first-order chi connectivity index (χ1) is 8.84. The van der Waals surface area contributed by atoms with Crippen LogP contribution in [0.5, 0.6) is 0 Å². The summed E-state index contributed by atoms with van der Waals surface area (Å²) in [6, 6.07) is 16.8. The lowest BCUT2D eigenvalue weighted by Crippen LogP contribution is -2.28. The number of para-hydroxylation sites is 1. The summed E-state index contributed by atoms with van der Waals surface area (Å²) in [5.74, 6) is 0. The fourth-order valence-electron chi connectivity index (χ4n) is 2.61. The Kier molecular flexibility index (Phi) is 3.24. The van der Waals surface area contributed by atoms with E-state index in [0.717, 1.165) is 18.1 Å². The summed E-state index contributed by atoms with van der Waals surface area (Å²) in [5.41, 5.74) is 4.02. The molecule has 0 spiro atoms. The van der Waals surface area contributed by atoms with E-state index in [0.29, 0.717) is 0 Å². The van der Waals surface area contributed by atoms with Gasteiger partial charge in [0, 0.05) is 23.8 Å². The molecular formula is C16H16ClN. The summed E-state index contributed by atoms with van der Waals surface area (Å²) in [5, 5.41) is 0.862. The van der Waals surface area contributed by atoms with Crippen LogP contribution in [0.4, 0.5) is 5.69 Å². The van der Waals surface area contributed by atoms with Gasteiger partial charge in [-0.15, -0.1) is 0 Å². The summed E-state index contributed by atoms with van der Waals surface area (Å²) in [4.78, 5) is 2.43. The molecule has 0 bridgehead atoms. The third-order valence-corrected chi connectivity index (χ3v) is 3.89. The maximum atomic E-state index is 6.24. The van der Waals surface area contributed by atoms with E-state index in [2.05, 4.69) is 41.3 Å². The molecule has 0 aliphatic carbocycles. The minimum Gasteiger partial charge on any atom is -0.367 e. The van der Waals surface area contributed by atoms with Crippen molar-refractivity contribution in [3.05, 3.63) is 64.7 Å². The second kappa shape index (κ2) is 5.03. The summed E-state index contributed by atoms with van der Waals surface area (Å²) in [6.45, 7) is 2.01. The van der Waals surface area contributed by atoms with Gasteiger partial charge in [-0.2, -0.15) is 0 Å². The molecule has 1 aliphatic rings. The van der Waals surface area contributed by atoms with E-state index in [1.165, 1.54) is 29.7 Å². The van der Waals surface area contributed by atoms with Crippen molar-refractivity contribution in [2.24, 2.45) is 0 Å². The molecule has 0 saturated carbocycles. The van der Waals surface area contributed by atoms with E-state index in [1.54, 1.807) is 0 Å². The van der Waals surface area contributed by atoms with Gasteiger partial charge in [0.15, 0.2) is 0 Å². The van der Waals surface area contributed by atoms with Crippen LogP contribution < -0.4 is 4.90 Å². The highest BCUT2D eigenvalue weighted by Crippen LogP contribution is 2.29. The van der Waals surface area contributed by atoms with Crippen LogP contribution in [0.3, 0.4) is 0 Å². The van der Waals surface area contributed by atoms with Gasteiger partial charge in [0.1, 0.15) is 0 Å². The first-order valence-electron chi connectivity index (χ1n) is 6.41. The summed E-state index contributed by atoms with van der Waals surface area (Å²) in [6.07, 6.45) is 2.41. The molecule has 0 unspecified atom stereocenters. The molecule has 92 valence electrons. The zero-order chi connectivity index (χ0) is 12.4. The first-order valence-corrected chi connectivity index (χ1v) is 6.78. The lowest BCUT2D eigenvalue weighted by Gasteiger charge is -2.31. The summed E-state index contributed by atoms with van der Waals surface area (Å²) in [7, 11) is 0. The molecule has 0 aromatic heterocycles. The van der Waals surface area contributed by atoms with Gasteiger partial charge < -0.3 is 4.90 Å². The Morgan fingerprint density at radius 2 is 1.78 bits per heavy atom. The van der Waals surface area contributed by atoms with Crippen molar-refractivity contribution in [3.63, 3.8) is 0 Å². The van der Waals surface area contributed by atoms with Gasteiger partial charge >= 0.3 is 0 Å². The molecule has 2 aromatic rings. The number of anilines is 1. The van der Waals surface area contributed by atoms with Crippen molar-refractivity contribution in [2.75, 3.05) is 11.4 Å². The van der Waals surface area contributed by atoms with Crippen LogP contribution in [-0.4, -0.2) is 6.54 Å². The molecule has 1 aliphatic heterocycles. The second-order valence-electron chi connectivity index (χ2n) is 4.75. The van der Waals surface area contributed by atoms with Crippen molar-refractivity contribution in [3.8, 4) is 0 Å². The Balaban J connectivity index is 1.89. The number of aryl methyl sites for hydroxylation is 1. The zero-order valence-electron chi connectivity index (χ0n) is 10.3. The lowest BCUT2D eigenvalue weighted by atomic mass is 10.0. The number of hydrogen-bond acceptors (Lipinski definition) is 1. The average molecular weight is 258 g/mol. The van der Waals surface area contributed by atoms with Gasteiger partial charge in [0.2, 0.25) is 0 Å². The highest BCUT2D eigenvalue weighted by atomic mass is 35.5. The zero-order valence-corrected chi connectivity index (χ0v) is 11.0. The molecule has 0 atom stereocenters. The molecule has 3 rings (SSSR count). The SMILES string of the molecule is Clc1ccccc1CN1CCCc2ccccc21. The van der Waals surface area contributed by atoms with Gasteiger partial charge in [-0.3, -0.25) is 0 Å². The summed E-state index contributed by atoms with van der Waals surface area (Å²) >= 11 is 6.24. The van der Waals surface area contributed by atoms with Crippen LogP contribution in [0, 0.1) is 0 Å². The van der Waals surface area contributed by atoms with E-state index in [1.807, 2.05) is 12.1 Å². The Hall–Kier alpha value is -1.47. The molecule has 1 nitrogen and oxygen atoms in total. The standard InChI is InChI=1S/C16H16ClN/c17-15-9-3-1-7-14(15)12-18-11-5-8-13-6-2-4-10-16(13)18/h1-4,6-7,9-10H,5,8,11-12H2. The van der Waals surface area contributed by atoms with Crippen molar-refractivity contribution >= 4 is 17.3 Å². The fraction of sp³-hybridized carbons (Fsp3) is 0.250. The van der Waals surface area contributed by atoms with Gasteiger partial charge in [-0.05, 0) is 36.1 Å². The molecule has 2 heteroatoms. The molecular weight excluding hydrogens is 242 g/mol. The maximum Gasteiger partial charge on any atom is 0.0455 e. The number of fused-ring (bicyclic) bond motifs is 1.